The Labute approximate surface area is 122 Å². The van der Waals surface area contributed by atoms with E-state index < -0.39 is 0 Å². The van der Waals surface area contributed by atoms with Crippen molar-refractivity contribution in [3.8, 4) is 11.5 Å². The van der Waals surface area contributed by atoms with Crippen molar-refractivity contribution in [2.75, 3.05) is 0 Å². The van der Waals surface area contributed by atoms with Crippen molar-refractivity contribution in [2.24, 2.45) is 5.92 Å². The molecule has 2 aromatic rings. The molecular weight excluding hydrogens is 244 g/mol. The van der Waals surface area contributed by atoms with Crippen LogP contribution in [-0.2, 0) is 6.42 Å². The smallest absolute Gasteiger partial charge is 0.130 e. The largest absolute Gasteiger partial charge is 0.457 e. The molecule has 0 saturated heterocycles. The maximum atomic E-state index is 6.04. The van der Waals surface area contributed by atoms with Crippen LogP contribution >= 0.6 is 0 Å². The second-order valence-corrected chi connectivity index (χ2v) is 5.62. The highest BCUT2D eigenvalue weighted by atomic mass is 16.5. The van der Waals surface area contributed by atoms with Gasteiger partial charge < -0.3 is 4.74 Å². The molecule has 0 aliphatic rings. The van der Waals surface area contributed by atoms with Gasteiger partial charge in [0, 0.05) is 0 Å². The third kappa shape index (κ3) is 4.12. The van der Waals surface area contributed by atoms with Gasteiger partial charge in [0.05, 0.1) is 0 Å². The van der Waals surface area contributed by atoms with E-state index in [-0.39, 0.29) is 0 Å². The lowest BCUT2D eigenvalue weighted by molar-refractivity contribution is 0.460. The zero-order chi connectivity index (χ0) is 14.4. The van der Waals surface area contributed by atoms with Crippen LogP contribution < -0.4 is 4.74 Å². The van der Waals surface area contributed by atoms with Crippen LogP contribution in [0.2, 0.25) is 0 Å². The lowest BCUT2D eigenvalue weighted by Gasteiger charge is -2.15. The van der Waals surface area contributed by atoms with Crippen molar-refractivity contribution in [1.29, 1.82) is 0 Å². The number of hydrogen-bond donors (Lipinski definition) is 0. The van der Waals surface area contributed by atoms with Crippen molar-refractivity contribution in [2.45, 2.75) is 40.0 Å². The van der Waals surface area contributed by atoms with Gasteiger partial charge in [-0.25, -0.2) is 0 Å². The quantitative estimate of drug-likeness (QED) is 0.646. The highest BCUT2D eigenvalue weighted by Crippen LogP contribution is 2.28. The molecule has 106 valence electrons. The molecule has 2 aromatic carbocycles. The molecule has 0 spiro atoms. The topological polar surface area (TPSA) is 9.23 Å². The normalized spacial score (nSPS) is 12.2. The molecule has 0 amide bonds. The minimum atomic E-state index is 0.694. The van der Waals surface area contributed by atoms with Gasteiger partial charge in [-0.15, -0.1) is 0 Å². The van der Waals surface area contributed by atoms with Crippen LogP contribution in [0.25, 0.3) is 0 Å². The summed E-state index contributed by atoms with van der Waals surface area (Å²) >= 11 is 0. The Morgan fingerprint density at radius 1 is 1.05 bits per heavy atom. The van der Waals surface area contributed by atoms with Crippen LogP contribution in [0.1, 0.15) is 37.8 Å². The Morgan fingerprint density at radius 2 is 1.80 bits per heavy atom. The average Bonchev–Trinajstić information content (AvgIpc) is 2.43. The highest BCUT2D eigenvalue weighted by molar-refractivity contribution is 5.40. The molecule has 20 heavy (non-hydrogen) atoms. The fraction of sp³-hybridized carbons (Fsp3) is 0.368. The third-order valence-electron chi connectivity index (χ3n) is 3.54. The Balaban J connectivity index is 2.19. The van der Waals surface area contributed by atoms with Crippen LogP contribution in [0.15, 0.2) is 48.5 Å². The summed E-state index contributed by atoms with van der Waals surface area (Å²) in [6.07, 6.45) is 3.58. The number of para-hydroxylation sites is 1. The summed E-state index contributed by atoms with van der Waals surface area (Å²) in [4.78, 5) is 0. The third-order valence-corrected chi connectivity index (χ3v) is 3.54. The number of hydrogen-bond acceptors (Lipinski definition) is 1. The van der Waals surface area contributed by atoms with E-state index in [1.54, 1.807) is 0 Å². The first kappa shape index (κ1) is 14.6. The van der Waals surface area contributed by atoms with E-state index in [4.69, 9.17) is 4.74 Å². The minimum Gasteiger partial charge on any atom is -0.457 e. The number of rotatable bonds is 6. The highest BCUT2D eigenvalue weighted by Gasteiger charge is 2.09. The summed E-state index contributed by atoms with van der Waals surface area (Å²) in [5.41, 5.74) is 2.61. The van der Waals surface area contributed by atoms with Crippen LogP contribution in [-0.4, -0.2) is 0 Å². The monoisotopic (exact) mass is 268 g/mol. The van der Waals surface area contributed by atoms with Crippen LogP contribution in [0.4, 0.5) is 0 Å². The van der Waals surface area contributed by atoms with Crippen LogP contribution in [0, 0.1) is 12.8 Å². The fourth-order valence-corrected chi connectivity index (χ4v) is 2.55. The van der Waals surface area contributed by atoms with Gasteiger partial charge in [-0.2, -0.15) is 0 Å². The predicted molar refractivity (Wildman–Crippen MR) is 85.5 cm³/mol. The molecule has 1 nitrogen and oxygen atoms in total. The molecule has 0 aromatic heterocycles. The minimum absolute atomic E-state index is 0.694. The Hall–Kier alpha value is -1.76. The summed E-state index contributed by atoms with van der Waals surface area (Å²) in [5.74, 6) is 2.59. The molecule has 0 N–H and O–H groups in total. The van der Waals surface area contributed by atoms with E-state index in [9.17, 15) is 0 Å². The van der Waals surface area contributed by atoms with Crippen molar-refractivity contribution >= 4 is 0 Å². The molecule has 0 aliphatic carbocycles. The number of aryl methyl sites for hydroxylation is 1. The van der Waals surface area contributed by atoms with Crippen molar-refractivity contribution < 1.29 is 4.74 Å². The molecule has 0 bridgehead atoms. The molecule has 0 radical (unpaired) electrons. The van der Waals surface area contributed by atoms with Gasteiger partial charge in [-0.3, -0.25) is 0 Å². The van der Waals surface area contributed by atoms with Gasteiger partial charge in [0.1, 0.15) is 11.5 Å². The molecule has 0 aliphatic heterocycles. The lowest BCUT2D eigenvalue weighted by Crippen LogP contribution is -2.01. The Morgan fingerprint density at radius 3 is 2.50 bits per heavy atom. The summed E-state index contributed by atoms with van der Waals surface area (Å²) in [7, 11) is 0. The SMILES string of the molecule is CCCC(C)Cc1cc(C)ccc1Oc1ccccc1. The maximum Gasteiger partial charge on any atom is 0.130 e. The van der Waals surface area contributed by atoms with Gasteiger partial charge in [0.15, 0.2) is 0 Å². The molecular formula is C19H24O. The van der Waals surface area contributed by atoms with E-state index >= 15 is 0 Å². The Bertz CT molecular complexity index is 531. The summed E-state index contributed by atoms with van der Waals surface area (Å²) < 4.78 is 6.04. The predicted octanol–water partition coefficient (Wildman–Crippen LogP) is 5.77. The standard InChI is InChI=1S/C19H24O/c1-4-8-15(2)13-17-14-16(3)11-12-19(17)20-18-9-6-5-7-10-18/h5-7,9-12,14-15H,4,8,13H2,1-3H3. The van der Waals surface area contributed by atoms with Crippen molar-refractivity contribution in [3.05, 3.63) is 59.7 Å². The van der Waals surface area contributed by atoms with Crippen molar-refractivity contribution in [1.82, 2.24) is 0 Å². The lowest BCUT2D eigenvalue weighted by atomic mass is 9.95. The molecule has 2 rings (SSSR count). The van der Waals surface area contributed by atoms with Gasteiger partial charge in [-0.05, 0) is 43.0 Å². The second kappa shape index (κ2) is 7.14. The summed E-state index contributed by atoms with van der Waals surface area (Å²) in [5, 5.41) is 0. The first-order valence-corrected chi connectivity index (χ1v) is 7.51. The van der Waals surface area contributed by atoms with Gasteiger partial charge in [0.25, 0.3) is 0 Å². The van der Waals surface area contributed by atoms with E-state index in [1.165, 1.54) is 24.0 Å². The van der Waals surface area contributed by atoms with Gasteiger partial charge in [-0.1, -0.05) is 62.6 Å². The zero-order valence-electron chi connectivity index (χ0n) is 12.7. The van der Waals surface area contributed by atoms with E-state index in [0.29, 0.717) is 5.92 Å². The maximum absolute atomic E-state index is 6.04. The van der Waals surface area contributed by atoms with Gasteiger partial charge >= 0.3 is 0 Å². The first-order chi connectivity index (χ1) is 9.69. The van der Waals surface area contributed by atoms with Crippen LogP contribution in [0.5, 0.6) is 11.5 Å². The Kier molecular flexibility index (Phi) is 5.23. The molecule has 0 saturated carbocycles. The van der Waals surface area contributed by atoms with E-state index in [0.717, 1.165) is 17.9 Å². The van der Waals surface area contributed by atoms with Gasteiger partial charge in [0.2, 0.25) is 0 Å². The van der Waals surface area contributed by atoms with E-state index in [2.05, 4.69) is 39.0 Å². The summed E-state index contributed by atoms with van der Waals surface area (Å²) in [6, 6.07) is 16.5. The zero-order valence-corrected chi connectivity index (χ0v) is 12.7. The second-order valence-electron chi connectivity index (χ2n) is 5.62. The number of benzene rings is 2. The van der Waals surface area contributed by atoms with E-state index in [1.807, 2.05) is 30.3 Å². The molecule has 1 atom stereocenters. The molecule has 0 fully saturated rings. The molecule has 0 heterocycles. The average molecular weight is 268 g/mol. The summed E-state index contributed by atoms with van der Waals surface area (Å²) in [6.45, 7) is 6.70. The first-order valence-electron chi connectivity index (χ1n) is 7.51. The molecule has 1 heteroatoms. The molecule has 1 unspecified atom stereocenters. The fourth-order valence-electron chi connectivity index (χ4n) is 2.55. The van der Waals surface area contributed by atoms with Crippen molar-refractivity contribution in [3.63, 3.8) is 0 Å². The van der Waals surface area contributed by atoms with Crippen LogP contribution in [0.3, 0.4) is 0 Å². The number of ether oxygens (including phenoxy) is 1.